The minimum Gasteiger partial charge on any atom is -0.258 e. The fourth-order valence-corrected chi connectivity index (χ4v) is 1.84. The van der Waals surface area contributed by atoms with Crippen molar-refractivity contribution in [1.82, 2.24) is 0 Å². The zero-order chi connectivity index (χ0) is 11.1. The van der Waals surface area contributed by atoms with Gasteiger partial charge in [-0.05, 0) is 6.42 Å². The molecule has 15 heavy (non-hydrogen) atoms. The SMILES string of the molecule is O=[N+]([O-])c1ccccc1C1CCC1(F)F. The van der Waals surface area contributed by atoms with Crippen molar-refractivity contribution in [3.8, 4) is 0 Å². The number of nitrogens with zero attached hydrogens (tertiary/aromatic N) is 1. The lowest BCUT2D eigenvalue weighted by Crippen LogP contribution is -2.36. The molecule has 0 aromatic heterocycles. The van der Waals surface area contributed by atoms with E-state index < -0.39 is 16.8 Å². The van der Waals surface area contributed by atoms with Gasteiger partial charge in [-0.2, -0.15) is 0 Å². The maximum atomic E-state index is 13.1. The van der Waals surface area contributed by atoms with Gasteiger partial charge in [0.1, 0.15) is 0 Å². The Morgan fingerprint density at radius 1 is 1.40 bits per heavy atom. The van der Waals surface area contributed by atoms with Crippen molar-refractivity contribution >= 4 is 5.69 Å². The first-order chi connectivity index (χ1) is 7.02. The summed E-state index contributed by atoms with van der Waals surface area (Å²) in [5.41, 5.74) is -0.0550. The van der Waals surface area contributed by atoms with Crippen LogP contribution < -0.4 is 0 Å². The van der Waals surface area contributed by atoms with E-state index in [1.54, 1.807) is 6.07 Å². The molecular formula is C10H9F2NO2. The van der Waals surface area contributed by atoms with Crippen LogP contribution >= 0.6 is 0 Å². The van der Waals surface area contributed by atoms with Gasteiger partial charge in [-0.3, -0.25) is 10.1 Å². The molecule has 0 saturated heterocycles. The Morgan fingerprint density at radius 3 is 2.53 bits per heavy atom. The summed E-state index contributed by atoms with van der Waals surface area (Å²) in [7, 11) is 0. The number of rotatable bonds is 2. The molecule has 1 aliphatic carbocycles. The summed E-state index contributed by atoms with van der Waals surface area (Å²) in [5.74, 6) is -3.77. The van der Waals surface area contributed by atoms with Crippen molar-refractivity contribution in [2.75, 3.05) is 0 Å². The van der Waals surface area contributed by atoms with E-state index in [4.69, 9.17) is 0 Å². The predicted octanol–water partition coefficient (Wildman–Crippen LogP) is 3.11. The molecule has 3 nitrogen and oxygen atoms in total. The normalized spacial score (nSPS) is 23.2. The first-order valence-electron chi connectivity index (χ1n) is 4.63. The third-order valence-corrected chi connectivity index (χ3v) is 2.79. The Hall–Kier alpha value is -1.52. The second kappa shape index (κ2) is 3.25. The lowest BCUT2D eigenvalue weighted by Gasteiger charge is -2.36. The summed E-state index contributed by atoms with van der Waals surface area (Å²) in [5, 5.41) is 10.6. The molecule has 1 saturated carbocycles. The Bertz CT molecular complexity index is 406. The van der Waals surface area contributed by atoms with Crippen LogP contribution in [0.25, 0.3) is 0 Å². The topological polar surface area (TPSA) is 43.1 Å². The fraction of sp³-hybridized carbons (Fsp3) is 0.400. The van der Waals surface area contributed by atoms with Gasteiger partial charge in [0.05, 0.1) is 10.8 Å². The number of nitro groups is 1. The highest BCUT2D eigenvalue weighted by atomic mass is 19.3. The fourth-order valence-electron chi connectivity index (χ4n) is 1.84. The van der Waals surface area contributed by atoms with Gasteiger partial charge in [0, 0.05) is 18.1 Å². The molecule has 1 aromatic rings. The number of hydrogen-bond donors (Lipinski definition) is 0. The van der Waals surface area contributed by atoms with Gasteiger partial charge >= 0.3 is 0 Å². The van der Waals surface area contributed by atoms with Crippen LogP contribution in [0.1, 0.15) is 24.3 Å². The van der Waals surface area contributed by atoms with Gasteiger partial charge in [-0.25, -0.2) is 8.78 Å². The van der Waals surface area contributed by atoms with Crippen LogP contribution in [-0.4, -0.2) is 10.8 Å². The molecule has 0 amide bonds. The van der Waals surface area contributed by atoms with Gasteiger partial charge in [-0.1, -0.05) is 18.2 Å². The molecule has 0 bridgehead atoms. The molecule has 0 spiro atoms. The van der Waals surface area contributed by atoms with Crippen molar-refractivity contribution in [3.05, 3.63) is 39.9 Å². The van der Waals surface area contributed by atoms with Gasteiger partial charge < -0.3 is 0 Å². The predicted molar refractivity (Wildman–Crippen MR) is 50.0 cm³/mol. The summed E-state index contributed by atoms with van der Waals surface area (Å²) < 4.78 is 26.2. The maximum Gasteiger partial charge on any atom is 0.273 e. The minimum absolute atomic E-state index is 0.152. The summed E-state index contributed by atoms with van der Waals surface area (Å²) in [4.78, 5) is 10.0. The summed E-state index contributed by atoms with van der Waals surface area (Å²) in [6, 6.07) is 5.72. The molecule has 0 radical (unpaired) electrons. The molecule has 1 aromatic carbocycles. The first kappa shape index (κ1) is 10.0. The number of benzene rings is 1. The van der Waals surface area contributed by atoms with Crippen molar-refractivity contribution in [3.63, 3.8) is 0 Å². The number of hydrogen-bond acceptors (Lipinski definition) is 2. The number of para-hydroxylation sites is 1. The van der Waals surface area contributed by atoms with Gasteiger partial charge in [-0.15, -0.1) is 0 Å². The van der Waals surface area contributed by atoms with Crippen LogP contribution in [0.3, 0.4) is 0 Å². The Labute approximate surface area is 84.9 Å². The second-order valence-electron chi connectivity index (χ2n) is 3.67. The molecule has 0 N–H and O–H groups in total. The van der Waals surface area contributed by atoms with E-state index in [-0.39, 0.29) is 17.7 Å². The van der Waals surface area contributed by atoms with E-state index >= 15 is 0 Å². The quantitative estimate of drug-likeness (QED) is 0.559. The van der Waals surface area contributed by atoms with Crippen LogP contribution in [-0.2, 0) is 0 Å². The highest BCUT2D eigenvalue weighted by Crippen LogP contribution is 2.51. The highest BCUT2D eigenvalue weighted by Gasteiger charge is 2.50. The smallest absolute Gasteiger partial charge is 0.258 e. The van der Waals surface area contributed by atoms with Gasteiger partial charge in [0.25, 0.3) is 11.6 Å². The Balaban J connectivity index is 2.40. The van der Waals surface area contributed by atoms with Crippen LogP contribution in [0.4, 0.5) is 14.5 Å². The monoisotopic (exact) mass is 213 g/mol. The largest absolute Gasteiger partial charge is 0.273 e. The molecular weight excluding hydrogens is 204 g/mol. The number of halogens is 2. The van der Waals surface area contributed by atoms with Crippen molar-refractivity contribution < 1.29 is 13.7 Å². The first-order valence-corrected chi connectivity index (χ1v) is 4.63. The van der Waals surface area contributed by atoms with Crippen molar-refractivity contribution in [1.29, 1.82) is 0 Å². The summed E-state index contributed by atoms with van der Waals surface area (Å²) in [6.07, 6.45) is 0.140. The van der Waals surface area contributed by atoms with Crippen LogP contribution in [0, 0.1) is 10.1 Å². The average molecular weight is 213 g/mol. The Morgan fingerprint density at radius 2 is 2.07 bits per heavy atom. The van der Waals surface area contributed by atoms with E-state index in [0.29, 0.717) is 6.42 Å². The van der Waals surface area contributed by atoms with E-state index in [1.807, 2.05) is 0 Å². The van der Waals surface area contributed by atoms with E-state index in [9.17, 15) is 18.9 Å². The molecule has 1 atom stereocenters. The molecule has 0 aliphatic heterocycles. The van der Waals surface area contributed by atoms with Gasteiger partial charge in [0.15, 0.2) is 0 Å². The zero-order valence-corrected chi connectivity index (χ0v) is 7.82. The molecule has 2 rings (SSSR count). The Kier molecular flexibility index (Phi) is 2.17. The molecule has 1 unspecified atom stereocenters. The number of alkyl halides is 2. The molecule has 1 aliphatic rings. The molecule has 1 fully saturated rings. The molecule has 0 heterocycles. The maximum absolute atomic E-state index is 13.1. The lowest BCUT2D eigenvalue weighted by molar-refractivity contribution is -0.386. The third kappa shape index (κ3) is 1.58. The molecule has 5 heteroatoms. The van der Waals surface area contributed by atoms with Crippen molar-refractivity contribution in [2.45, 2.75) is 24.7 Å². The van der Waals surface area contributed by atoms with Crippen LogP contribution in [0.15, 0.2) is 24.3 Å². The lowest BCUT2D eigenvalue weighted by atomic mass is 9.75. The van der Waals surface area contributed by atoms with Gasteiger partial charge in [0.2, 0.25) is 0 Å². The number of nitro benzene ring substituents is 1. The average Bonchev–Trinajstić information content (AvgIpc) is 2.17. The standard InChI is InChI=1S/C10H9F2NO2/c11-10(12)6-5-8(10)7-3-1-2-4-9(7)13(14)15/h1-4,8H,5-6H2. The summed E-state index contributed by atoms with van der Waals surface area (Å²) >= 11 is 0. The second-order valence-corrected chi connectivity index (χ2v) is 3.67. The third-order valence-electron chi connectivity index (χ3n) is 2.79. The highest BCUT2D eigenvalue weighted by molar-refractivity contribution is 5.44. The zero-order valence-electron chi connectivity index (χ0n) is 7.82. The minimum atomic E-state index is -2.79. The van der Waals surface area contributed by atoms with E-state index in [0.717, 1.165) is 0 Å². The van der Waals surface area contributed by atoms with Crippen LogP contribution in [0.2, 0.25) is 0 Å². The van der Waals surface area contributed by atoms with E-state index in [2.05, 4.69) is 0 Å². The summed E-state index contributed by atoms with van der Waals surface area (Å²) in [6.45, 7) is 0. The molecule has 80 valence electrons. The van der Waals surface area contributed by atoms with Crippen LogP contribution in [0.5, 0.6) is 0 Å². The van der Waals surface area contributed by atoms with Crippen molar-refractivity contribution in [2.24, 2.45) is 0 Å². The van der Waals surface area contributed by atoms with E-state index in [1.165, 1.54) is 18.2 Å².